The zero-order valence-corrected chi connectivity index (χ0v) is 8.68. The van der Waals surface area contributed by atoms with Crippen molar-refractivity contribution in [2.45, 2.75) is 6.42 Å². The van der Waals surface area contributed by atoms with Crippen LogP contribution in [0.4, 0.5) is 4.39 Å². The number of hydrogen-bond donors (Lipinski definition) is 0. The first-order chi connectivity index (χ1) is 7.06. The fourth-order valence-corrected chi connectivity index (χ4v) is 1.24. The molecule has 0 bridgehead atoms. The molecule has 0 atom stereocenters. The summed E-state index contributed by atoms with van der Waals surface area (Å²) in [4.78, 5) is 22.0. The predicted molar refractivity (Wildman–Crippen MR) is 52.1 cm³/mol. The number of hydrogen-bond acceptors (Lipinski definition) is 3. The minimum atomic E-state index is -0.963. The number of carbonyl (C=O) groups excluding carboxylic acids is 2. The van der Waals surface area contributed by atoms with Crippen molar-refractivity contribution in [3.8, 4) is 0 Å². The molecule has 0 unspecified atom stereocenters. The van der Waals surface area contributed by atoms with Gasteiger partial charge in [-0.25, -0.2) is 9.18 Å². The predicted octanol–water partition coefficient (Wildman–Crippen LogP) is 1.76. The molecule has 1 aromatic rings. The second-order valence-electron chi connectivity index (χ2n) is 2.80. The Hall–Kier alpha value is -1.42. The number of ether oxygens (including phenoxy) is 1. The minimum absolute atomic E-state index is 0.144. The van der Waals surface area contributed by atoms with Gasteiger partial charge in [0.2, 0.25) is 5.78 Å². The molecule has 1 rings (SSSR count). The van der Waals surface area contributed by atoms with E-state index in [1.54, 1.807) is 0 Å². The van der Waals surface area contributed by atoms with Crippen LogP contribution in [0.3, 0.4) is 0 Å². The fourth-order valence-electron chi connectivity index (χ4n) is 1.04. The lowest BCUT2D eigenvalue weighted by Crippen LogP contribution is -2.18. The van der Waals surface area contributed by atoms with Crippen LogP contribution in [0, 0.1) is 5.82 Å². The number of esters is 1. The number of methoxy groups -OCH3 is 1. The van der Waals surface area contributed by atoms with Gasteiger partial charge < -0.3 is 4.74 Å². The average molecular weight is 231 g/mol. The lowest BCUT2D eigenvalue weighted by Gasteiger charge is -2.02. The van der Waals surface area contributed by atoms with Crippen LogP contribution >= 0.6 is 11.6 Å². The van der Waals surface area contributed by atoms with E-state index in [0.29, 0.717) is 0 Å². The Balaban J connectivity index is 2.86. The van der Waals surface area contributed by atoms with E-state index in [0.717, 1.165) is 7.11 Å². The van der Waals surface area contributed by atoms with Crippen molar-refractivity contribution in [2.75, 3.05) is 7.11 Å². The maximum atomic E-state index is 13.0. The Kier molecular flexibility index (Phi) is 3.80. The number of halogens is 2. The number of rotatable bonds is 3. The summed E-state index contributed by atoms with van der Waals surface area (Å²) < 4.78 is 17.2. The third-order valence-corrected chi connectivity index (χ3v) is 2.22. The summed E-state index contributed by atoms with van der Waals surface area (Å²) in [6.07, 6.45) is -0.261. The fraction of sp³-hybridized carbons (Fsp3) is 0.200. The Morgan fingerprint density at radius 3 is 2.73 bits per heavy atom. The van der Waals surface area contributed by atoms with E-state index < -0.39 is 17.6 Å². The average Bonchev–Trinajstić information content (AvgIpc) is 2.23. The van der Waals surface area contributed by atoms with Crippen molar-refractivity contribution in [1.82, 2.24) is 0 Å². The van der Waals surface area contributed by atoms with Crippen molar-refractivity contribution in [3.05, 3.63) is 34.6 Å². The third-order valence-electron chi connectivity index (χ3n) is 1.80. The molecule has 0 aliphatic carbocycles. The van der Waals surface area contributed by atoms with Crippen molar-refractivity contribution in [3.63, 3.8) is 0 Å². The van der Waals surface area contributed by atoms with Gasteiger partial charge in [-0.3, -0.25) is 4.79 Å². The van der Waals surface area contributed by atoms with Gasteiger partial charge in [0, 0.05) is 6.42 Å². The molecule has 0 aromatic heterocycles. The Bertz CT molecular complexity index is 404. The molecule has 3 nitrogen and oxygen atoms in total. The van der Waals surface area contributed by atoms with E-state index in [4.69, 9.17) is 11.6 Å². The van der Waals surface area contributed by atoms with Crippen LogP contribution in [0.5, 0.6) is 0 Å². The van der Waals surface area contributed by atoms with Gasteiger partial charge in [-0.05, 0) is 11.6 Å². The molecular formula is C10H8ClFO3. The normalized spacial score (nSPS) is 9.80. The van der Waals surface area contributed by atoms with E-state index in [1.807, 2.05) is 0 Å². The van der Waals surface area contributed by atoms with Crippen LogP contribution in [0.2, 0.25) is 5.02 Å². The molecule has 0 aliphatic heterocycles. The number of Topliss-reactive ketones (excluding diaryl/α,β-unsaturated/α-hetero) is 1. The number of carbonyl (C=O) groups is 2. The standard InChI is InChI=1S/C10H8ClFO3/c1-15-10(14)8(13)5-6-3-2-4-7(12)9(6)11/h2-4H,5H2,1H3. The molecule has 0 heterocycles. The SMILES string of the molecule is COC(=O)C(=O)Cc1cccc(F)c1Cl. The minimum Gasteiger partial charge on any atom is -0.463 e. The molecule has 5 heteroatoms. The monoisotopic (exact) mass is 230 g/mol. The quantitative estimate of drug-likeness (QED) is 0.587. The highest BCUT2D eigenvalue weighted by atomic mass is 35.5. The van der Waals surface area contributed by atoms with Gasteiger partial charge in [-0.2, -0.15) is 0 Å². The van der Waals surface area contributed by atoms with E-state index in [2.05, 4.69) is 4.74 Å². The topological polar surface area (TPSA) is 43.4 Å². The largest absolute Gasteiger partial charge is 0.463 e. The maximum absolute atomic E-state index is 13.0. The molecule has 0 saturated heterocycles. The highest BCUT2D eigenvalue weighted by molar-refractivity contribution is 6.35. The van der Waals surface area contributed by atoms with Gasteiger partial charge in [-0.15, -0.1) is 0 Å². The summed E-state index contributed by atoms with van der Waals surface area (Å²) in [6, 6.07) is 4.07. The molecule has 0 N–H and O–H groups in total. The Morgan fingerprint density at radius 1 is 1.47 bits per heavy atom. The van der Waals surface area contributed by atoms with Crippen LogP contribution in [0.25, 0.3) is 0 Å². The molecule has 80 valence electrons. The first kappa shape index (κ1) is 11.7. The molecule has 0 aliphatic rings. The van der Waals surface area contributed by atoms with Crippen molar-refractivity contribution in [2.24, 2.45) is 0 Å². The molecular weight excluding hydrogens is 223 g/mol. The first-order valence-corrected chi connectivity index (χ1v) is 4.48. The van der Waals surface area contributed by atoms with E-state index in [-0.39, 0.29) is 17.0 Å². The number of benzene rings is 1. The zero-order valence-electron chi connectivity index (χ0n) is 7.92. The van der Waals surface area contributed by atoms with E-state index in [9.17, 15) is 14.0 Å². The summed E-state index contributed by atoms with van der Waals surface area (Å²) in [5.74, 6) is -2.34. The molecule has 0 amide bonds. The molecule has 0 saturated carbocycles. The van der Waals surface area contributed by atoms with Gasteiger partial charge in [0.25, 0.3) is 0 Å². The lowest BCUT2D eigenvalue weighted by molar-refractivity contribution is -0.151. The molecule has 0 spiro atoms. The second kappa shape index (κ2) is 4.89. The molecule has 0 fully saturated rings. The van der Waals surface area contributed by atoms with Crippen LogP contribution in [0.1, 0.15) is 5.56 Å². The molecule has 15 heavy (non-hydrogen) atoms. The highest BCUT2D eigenvalue weighted by Crippen LogP contribution is 2.20. The highest BCUT2D eigenvalue weighted by Gasteiger charge is 2.17. The summed E-state index contributed by atoms with van der Waals surface area (Å²) in [6.45, 7) is 0. The van der Waals surface area contributed by atoms with Gasteiger partial charge in [-0.1, -0.05) is 23.7 Å². The number of ketones is 1. The van der Waals surface area contributed by atoms with Gasteiger partial charge in [0.15, 0.2) is 0 Å². The van der Waals surface area contributed by atoms with E-state index in [1.165, 1.54) is 18.2 Å². The van der Waals surface area contributed by atoms with E-state index >= 15 is 0 Å². The van der Waals surface area contributed by atoms with Crippen molar-refractivity contribution in [1.29, 1.82) is 0 Å². The van der Waals surface area contributed by atoms with Crippen molar-refractivity contribution >= 4 is 23.4 Å². The van der Waals surface area contributed by atoms with Crippen LogP contribution in [-0.2, 0) is 20.7 Å². The Morgan fingerprint density at radius 2 is 2.13 bits per heavy atom. The van der Waals surface area contributed by atoms with Crippen LogP contribution in [0.15, 0.2) is 18.2 Å². The van der Waals surface area contributed by atoms with Gasteiger partial charge >= 0.3 is 5.97 Å². The summed E-state index contributed by atoms with van der Waals surface area (Å²) in [7, 11) is 1.10. The van der Waals surface area contributed by atoms with Gasteiger partial charge in [0.1, 0.15) is 5.82 Å². The molecule has 1 aromatic carbocycles. The first-order valence-electron chi connectivity index (χ1n) is 4.10. The third kappa shape index (κ3) is 2.76. The summed E-state index contributed by atoms with van der Waals surface area (Å²) in [5, 5.41) is -0.144. The van der Waals surface area contributed by atoms with Gasteiger partial charge in [0.05, 0.1) is 12.1 Å². The Labute approximate surface area is 90.8 Å². The maximum Gasteiger partial charge on any atom is 0.374 e. The van der Waals surface area contributed by atoms with Crippen LogP contribution < -0.4 is 0 Å². The summed E-state index contributed by atoms with van der Waals surface area (Å²) >= 11 is 5.61. The zero-order chi connectivity index (χ0) is 11.4. The lowest BCUT2D eigenvalue weighted by atomic mass is 10.1. The van der Waals surface area contributed by atoms with Crippen molar-refractivity contribution < 1.29 is 18.7 Å². The smallest absolute Gasteiger partial charge is 0.374 e. The summed E-state index contributed by atoms with van der Waals surface area (Å²) in [5.41, 5.74) is 0.270. The van der Waals surface area contributed by atoms with Crippen LogP contribution in [-0.4, -0.2) is 18.9 Å². The molecule has 0 radical (unpaired) electrons. The second-order valence-corrected chi connectivity index (χ2v) is 3.18.